The number of amides is 1. The minimum absolute atomic E-state index is 0.318. The molecule has 1 unspecified atom stereocenters. The molecule has 8 heteroatoms. The first-order chi connectivity index (χ1) is 10.1. The third-order valence-corrected chi connectivity index (χ3v) is 4.49. The summed E-state index contributed by atoms with van der Waals surface area (Å²) in [7, 11) is 0. The van der Waals surface area contributed by atoms with Crippen molar-refractivity contribution in [3.05, 3.63) is 28.5 Å². The number of nitrogens with zero attached hydrogens (tertiary/aromatic N) is 3. The molecule has 6 nitrogen and oxygen atoms in total. The van der Waals surface area contributed by atoms with E-state index in [4.69, 9.17) is 16.7 Å². The van der Waals surface area contributed by atoms with Gasteiger partial charge in [0, 0.05) is 24.2 Å². The summed E-state index contributed by atoms with van der Waals surface area (Å²) in [4.78, 5) is 29.5. The molecule has 1 aliphatic heterocycles. The molecule has 0 radical (unpaired) electrons. The topological polar surface area (TPSA) is 74.9 Å². The van der Waals surface area contributed by atoms with E-state index in [1.54, 1.807) is 10.5 Å². The van der Waals surface area contributed by atoms with Crippen LogP contribution < -0.4 is 0 Å². The highest BCUT2D eigenvalue weighted by Gasteiger charge is 2.32. The van der Waals surface area contributed by atoms with Crippen LogP contribution in [0.2, 0.25) is 5.15 Å². The Morgan fingerprint density at radius 2 is 2.33 bits per heavy atom. The van der Waals surface area contributed by atoms with Gasteiger partial charge in [0.2, 0.25) is 5.91 Å². The summed E-state index contributed by atoms with van der Waals surface area (Å²) in [5.41, 5.74) is 0.618. The fraction of sp³-hybridized carbons (Fsp3) is 0.308. The fourth-order valence-electron chi connectivity index (χ4n) is 2.46. The number of thiazole rings is 1. The predicted molar refractivity (Wildman–Crippen MR) is 79.5 cm³/mol. The zero-order valence-corrected chi connectivity index (χ0v) is 12.5. The van der Waals surface area contributed by atoms with Crippen LogP contribution in [0, 0.1) is 0 Å². The van der Waals surface area contributed by atoms with Crippen molar-refractivity contribution in [3.63, 3.8) is 0 Å². The minimum Gasteiger partial charge on any atom is -0.480 e. The quantitative estimate of drug-likeness (QED) is 0.877. The Kier molecular flexibility index (Phi) is 3.69. The molecule has 3 heterocycles. The number of carbonyl (C=O) groups excluding carboxylic acids is 1. The molecule has 0 bridgehead atoms. The third-order valence-electron chi connectivity index (χ3n) is 3.46. The number of hydrogen-bond acceptors (Lipinski definition) is 4. The highest BCUT2D eigenvalue weighted by atomic mass is 35.5. The summed E-state index contributed by atoms with van der Waals surface area (Å²) in [6.45, 7) is 0.466. The minimum atomic E-state index is -0.961. The van der Waals surface area contributed by atoms with Crippen LogP contribution in [0.4, 0.5) is 0 Å². The average molecular weight is 326 g/mol. The van der Waals surface area contributed by atoms with Crippen LogP contribution in [-0.4, -0.2) is 43.9 Å². The van der Waals surface area contributed by atoms with E-state index in [9.17, 15) is 9.59 Å². The number of rotatable bonds is 3. The number of halogens is 1. The molecule has 1 saturated heterocycles. The summed E-state index contributed by atoms with van der Waals surface area (Å²) in [6.07, 6.45) is 5.96. The Bertz CT molecular complexity index is 736. The molecular formula is C13H12ClN3O3S. The standard InChI is InChI=1S/C13H12ClN3O3S/c14-11-8(17-6-7-21-13(17)15-11)3-4-10(18)16-5-1-2-9(16)12(19)20/h3-4,6-7,9H,1-2,5H2,(H,19,20). The van der Waals surface area contributed by atoms with Crippen molar-refractivity contribution in [2.45, 2.75) is 18.9 Å². The third kappa shape index (κ3) is 2.54. The zero-order valence-electron chi connectivity index (χ0n) is 10.9. The van der Waals surface area contributed by atoms with E-state index < -0.39 is 12.0 Å². The lowest BCUT2D eigenvalue weighted by atomic mass is 10.2. The van der Waals surface area contributed by atoms with Gasteiger partial charge in [-0.2, -0.15) is 0 Å². The van der Waals surface area contributed by atoms with Crippen molar-refractivity contribution >= 4 is 45.9 Å². The SMILES string of the molecule is O=C(O)C1CCCN1C(=O)C=Cc1c(Cl)nc2sccn12. The number of carboxylic acids is 1. The van der Waals surface area contributed by atoms with Crippen molar-refractivity contribution in [1.29, 1.82) is 0 Å². The molecule has 0 spiro atoms. The number of imidazole rings is 1. The number of carboxylic acid groups (broad SMARTS) is 1. The first-order valence-electron chi connectivity index (χ1n) is 6.40. The molecule has 2 aromatic heterocycles. The van der Waals surface area contributed by atoms with Gasteiger partial charge in [0.15, 0.2) is 10.1 Å². The van der Waals surface area contributed by atoms with Crippen molar-refractivity contribution < 1.29 is 14.7 Å². The Labute approximate surface area is 129 Å². The van der Waals surface area contributed by atoms with Gasteiger partial charge in [0.1, 0.15) is 6.04 Å². The van der Waals surface area contributed by atoms with E-state index in [1.807, 2.05) is 11.6 Å². The van der Waals surface area contributed by atoms with Crippen LogP contribution in [0.3, 0.4) is 0 Å². The fourth-order valence-corrected chi connectivity index (χ4v) is 3.46. The van der Waals surface area contributed by atoms with Gasteiger partial charge in [-0.1, -0.05) is 11.6 Å². The Balaban J connectivity index is 1.82. The predicted octanol–water partition coefficient (Wildman–Crippen LogP) is 2.14. The smallest absolute Gasteiger partial charge is 0.326 e. The lowest BCUT2D eigenvalue weighted by molar-refractivity contribution is -0.146. The second-order valence-corrected chi connectivity index (χ2v) is 5.94. The van der Waals surface area contributed by atoms with Crippen LogP contribution in [0.1, 0.15) is 18.5 Å². The van der Waals surface area contributed by atoms with Crippen LogP contribution in [0.25, 0.3) is 11.0 Å². The number of carbonyl (C=O) groups is 2. The van der Waals surface area contributed by atoms with Gasteiger partial charge >= 0.3 is 5.97 Å². The Hall–Kier alpha value is -1.86. The molecule has 0 aliphatic carbocycles. The first-order valence-corrected chi connectivity index (χ1v) is 7.66. The summed E-state index contributed by atoms with van der Waals surface area (Å²) >= 11 is 7.48. The maximum absolute atomic E-state index is 12.1. The van der Waals surface area contributed by atoms with Gasteiger partial charge < -0.3 is 10.0 Å². The van der Waals surface area contributed by atoms with Crippen molar-refractivity contribution in [3.8, 4) is 0 Å². The molecule has 1 amide bonds. The lowest BCUT2D eigenvalue weighted by Gasteiger charge is -2.19. The molecule has 1 atom stereocenters. The number of aliphatic carboxylic acids is 1. The molecule has 2 aromatic rings. The zero-order chi connectivity index (χ0) is 15.0. The van der Waals surface area contributed by atoms with E-state index in [0.717, 1.165) is 4.96 Å². The van der Waals surface area contributed by atoms with Crippen molar-refractivity contribution in [2.24, 2.45) is 0 Å². The lowest BCUT2D eigenvalue weighted by Crippen LogP contribution is -2.39. The molecule has 0 aromatic carbocycles. The molecule has 21 heavy (non-hydrogen) atoms. The monoisotopic (exact) mass is 325 g/mol. The van der Waals surface area contributed by atoms with E-state index in [1.165, 1.54) is 22.3 Å². The van der Waals surface area contributed by atoms with Crippen molar-refractivity contribution in [2.75, 3.05) is 6.54 Å². The molecular weight excluding hydrogens is 314 g/mol. The van der Waals surface area contributed by atoms with Gasteiger partial charge in [-0.05, 0) is 18.9 Å². The number of fused-ring (bicyclic) bond motifs is 1. The first kappa shape index (κ1) is 14.1. The molecule has 110 valence electrons. The van der Waals surface area contributed by atoms with E-state index in [-0.39, 0.29) is 5.91 Å². The normalized spacial score (nSPS) is 18.9. The summed E-state index contributed by atoms with van der Waals surface area (Å²) < 4.78 is 1.79. The molecule has 3 rings (SSSR count). The largest absolute Gasteiger partial charge is 0.480 e. The molecule has 1 fully saturated rings. The van der Waals surface area contributed by atoms with Gasteiger partial charge in [-0.15, -0.1) is 11.3 Å². The van der Waals surface area contributed by atoms with Gasteiger partial charge in [0.25, 0.3) is 0 Å². The van der Waals surface area contributed by atoms with Gasteiger partial charge in [0.05, 0.1) is 5.69 Å². The Morgan fingerprint density at radius 1 is 1.52 bits per heavy atom. The second-order valence-electron chi connectivity index (χ2n) is 4.70. The number of aromatic nitrogens is 2. The van der Waals surface area contributed by atoms with E-state index in [2.05, 4.69) is 4.98 Å². The summed E-state index contributed by atoms with van der Waals surface area (Å²) in [5.74, 6) is -1.28. The summed E-state index contributed by atoms with van der Waals surface area (Å²) in [5, 5.41) is 11.3. The van der Waals surface area contributed by atoms with Crippen LogP contribution >= 0.6 is 22.9 Å². The molecule has 0 saturated carbocycles. The molecule has 1 aliphatic rings. The van der Waals surface area contributed by atoms with E-state index in [0.29, 0.717) is 30.2 Å². The van der Waals surface area contributed by atoms with Gasteiger partial charge in [-0.3, -0.25) is 9.20 Å². The van der Waals surface area contributed by atoms with Crippen LogP contribution in [-0.2, 0) is 9.59 Å². The van der Waals surface area contributed by atoms with Gasteiger partial charge in [-0.25, -0.2) is 9.78 Å². The Morgan fingerprint density at radius 3 is 3.10 bits per heavy atom. The molecule has 1 N–H and O–H groups in total. The second kappa shape index (κ2) is 5.50. The number of likely N-dealkylation sites (tertiary alicyclic amines) is 1. The summed E-state index contributed by atoms with van der Waals surface area (Å²) in [6, 6.07) is -0.732. The van der Waals surface area contributed by atoms with Crippen molar-refractivity contribution in [1.82, 2.24) is 14.3 Å². The highest BCUT2D eigenvalue weighted by molar-refractivity contribution is 7.15. The highest BCUT2D eigenvalue weighted by Crippen LogP contribution is 2.23. The number of hydrogen-bond donors (Lipinski definition) is 1. The maximum atomic E-state index is 12.1. The van der Waals surface area contributed by atoms with Crippen LogP contribution in [0.5, 0.6) is 0 Å². The average Bonchev–Trinajstić information content (AvgIpc) is 3.11. The maximum Gasteiger partial charge on any atom is 0.326 e. The van der Waals surface area contributed by atoms with Crippen LogP contribution in [0.15, 0.2) is 17.7 Å². The van der Waals surface area contributed by atoms with E-state index >= 15 is 0 Å².